The highest BCUT2D eigenvalue weighted by Gasteiger charge is 2.55. The Morgan fingerprint density at radius 3 is 2.73 bits per heavy atom. The van der Waals surface area contributed by atoms with E-state index in [9.17, 15) is 14.5 Å². The number of halogens is 1. The Morgan fingerprint density at radius 2 is 1.96 bits per heavy atom. The number of ether oxygens (including phenoxy) is 3. The molecule has 4 aromatic rings. The molecule has 1 aliphatic carbocycles. The van der Waals surface area contributed by atoms with E-state index in [1.807, 2.05) is 18.2 Å². The van der Waals surface area contributed by atoms with Crippen LogP contribution in [-0.2, 0) is 23.4 Å². The smallest absolute Gasteiger partial charge is 0.459 e. The van der Waals surface area contributed by atoms with Crippen molar-refractivity contribution in [1.82, 2.24) is 24.6 Å². The molecule has 0 bridgehead atoms. The van der Waals surface area contributed by atoms with Crippen molar-refractivity contribution in [1.29, 1.82) is 0 Å². The molecule has 1 aliphatic heterocycles. The van der Waals surface area contributed by atoms with E-state index in [1.54, 1.807) is 31.2 Å². The molecule has 6 atom stereocenters. The van der Waals surface area contributed by atoms with E-state index in [-0.39, 0.29) is 41.5 Å². The van der Waals surface area contributed by atoms with E-state index in [0.717, 1.165) is 37.5 Å². The highest BCUT2D eigenvalue weighted by molar-refractivity contribution is 7.52. The lowest BCUT2D eigenvalue weighted by Crippen LogP contribution is -2.42. The predicted octanol–water partition coefficient (Wildman–Crippen LogP) is 5.00. The Bertz CT molecular complexity index is 1810. The number of nitrogens with two attached hydrogens (primary N) is 1. The summed E-state index contributed by atoms with van der Waals surface area (Å²) in [6.07, 6.45) is 0.826. The maximum Gasteiger partial charge on any atom is 0.459 e. The number of anilines is 1. The highest BCUT2D eigenvalue weighted by atomic mass is 31.2. The van der Waals surface area contributed by atoms with Crippen LogP contribution in [0.15, 0.2) is 48.8 Å². The molecule has 258 valence electrons. The second-order valence-electron chi connectivity index (χ2n) is 12.2. The summed E-state index contributed by atoms with van der Waals surface area (Å²) < 4.78 is 60.7. The fourth-order valence-corrected chi connectivity index (χ4v) is 7.60. The predicted molar refractivity (Wildman–Crippen MR) is 174 cm³/mol. The Labute approximate surface area is 276 Å². The summed E-state index contributed by atoms with van der Waals surface area (Å²) in [4.78, 5) is 25.6. The molecule has 6 rings (SSSR count). The molecule has 1 saturated carbocycles. The van der Waals surface area contributed by atoms with Crippen LogP contribution in [-0.4, -0.2) is 73.8 Å². The minimum absolute atomic E-state index is 0.115. The summed E-state index contributed by atoms with van der Waals surface area (Å²) >= 11 is 0. The summed E-state index contributed by atoms with van der Waals surface area (Å²) in [5.41, 5.74) is 4.17. The number of nitrogen functional groups attached to an aromatic ring is 1. The third-order valence-electron chi connectivity index (χ3n) is 8.55. The topological polar surface area (TPSA) is 182 Å². The fraction of sp³-hybridized carbons (Fsp3) is 0.500. The van der Waals surface area contributed by atoms with Crippen LogP contribution >= 0.6 is 7.75 Å². The maximum atomic E-state index is 16.0. The van der Waals surface area contributed by atoms with Crippen molar-refractivity contribution < 1.29 is 42.1 Å². The number of aromatic nitrogens is 4. The van der Waals surface area contributed by atoms with Crippen molar-refractivity contribution in [2.24, 2.45) is 0 Å². The first-order valence-electron chi connectivity index (χ1n) is 16.0. The number of hydrogen-bond donors (Lipinski definition) is 3. The number of aliphatic hydroxyl groups is 1. The van der Waals surface area contributed by atoms with Gasteiger partial charge in [-0.2, -0.15) is 15.1 Å². The number of nitrogens with one attached hydrogen (secondary N) is 1. The molecule has 14 nitrogen and oxygen atoms in total. The summed E-state index contributed by atoms with van der Waals surface area (Å²) in [6, 6.07) is 11.4. The van der Waals surface area contributed by atoms with E-state index in [0.29, 0.717) is 5.39 Å². The Kier molecular flexibility index (Phi) is 9.86. The van der Waals surface area contributed by atoms with Gasteiger partial charge in [0.05, 0.1) is 19.5 Å². The molecule has 3 heterocycles. The first-order valence-corrected chi connectivity index (χ1v) is 17.6. The number of esters is 1. The van der Waals surface area contributed by atoms with Crippen molar-refractivity contribution >= 4 is 41.6 Å². The molecule has 0 spiro atoms. The van der Waals surface area contributed by atoms with Gasteiger partial charge in [-0.05, 0) is 57.9 Å². The molecule has 2 aliphatic rings. The molecule has 48 heavy (non-hydrogen) atoms. The van der Waals surface area contributed by atoms with Gasteiger partial charge in [0.1, 0.15) is 29.6 Å². The minimum atomic E-state index is -4.42. The average Bonchev–Trinajstić information content (AvgIpc) is 3.57. The van der Waals surface area contributed by atoms with Crippen LogP contribution in [0.3, 0.4) is 0 Å². The van der Waals surface area contributed by atoms with Crippen LogP contribution in [0.5, 0.6) is 11.6 Å². The number of nitrogens with zero attached hydrogens (tertiary/aromatic N) is 4. The van der Waals surface area contributed by atoms with Crippen molar-refractivity contribution in [2.75, 3.05) is 18.9 Å². The molecule has 16 heteroatoms. The average molecular weight is 687 g/mol. The standard InChI is InChI=1S/C32H40FN6O8P/c1-4-43-28-25-27(36-31(34)37-28)39(18-35-25)30-32(3,41)26(33)24(46-30)17-44-48(42,38-19(2)29(40)45-21-13-6-5-7-14-21)47-23-16-10-12-20-11-8-9-15-22(20)23/h8-12,15-16,18-19,21,24,26,30,41H,4-7,13-14,17H2,1-3H3,(H,38,42)(H2,34,36,37)/t19-,24+,26+,30?,32+,48?/m0/s1. The summed E-state index contributed by atoms with van der Waals surface area (Å²) in [5.74, 6) is -0.383. The van der Waals surface area contributed by atoms with Crippen LogP contribution in [0.25, 0.3) is 21.9 Å². The van der Waals surface area contributed by atoms with E-state index < -0.39 is 50.5 Å². The van der Waals surface area contributed by atoms with Gasteiger partial charge >= 0.3 is 13.7 Å². The molecular formula is C32H40FN6O8P. The number of rotatable bonds is 12. The van der Waals surface area contributed by atoms with Gasteiger partial charge in [-0.15, -0.1) is 0 Å². The second-order valence-corrected chi connectivity index (χ2v) is 13.9. The van der Waals surface area contributed by atoms with Gasteiger partial charge in [0, 0.05) is 5.39 Å². The minimum Gasteiger partial charge on any atom is -0.476 e. The van der Waals surface area contributed by atoms with Crippen molar-refractivity contribution in [2.45, 2.75) is 89.1 Å². The number of benzene rings is 2. The molecule has 4 N–H and O–H groups in total. The van der Waals surface area contributed by atoms with E-state index >= 15 is 4.39 Å². The van der Waals surface area contributed by atoms with Crippen LogP contribution in [0.1, 0.15) is 59.1 Å². The van der Waals surface area contributed by atoms with Crippen LogP contribution < -0.4 is 20.1 Å². The maximum absolute atomic E-state index is 16.0. The van der Waals surface area contributed by atoms with Crippen LogP contribution in [0.4, 0.5) is 10.3 Å². The lowest BCUT2D eigenvalue weighted by Gasteiger charge is -2.27. The normalized spacial score (nSPS) is 25.1. The zero-order chi connectivity index (χ0) is 34.1. The zero-order valence-corrected chi connectivity index (χ0v) is 27.8. The molecule has 0 amide bonds. The third kappa shape index (κ3) is 6.96. The largest absolute Gasteiger partial charge is 0.476 e. The second kappa shape index (κ2) is 13.9. The Hall–Kier alpha value is -3.88. The van der Waals surface area contributed by atoms with Crippen molar-refractivity contribution in [3.05, 3.63) is 48.8 Å². The van der Waals surface area contributed by atoms with Crippen LogP contribution in [0, 0.1) is 0 Å². The van der Waals surface area contributed by atoms with E-state index in [4.69, 9.17) is 29.0 Å². The summed E-state index contributed by atoms with van der Waals surface area (Å²) in [7, 11) is -4.42. The van der Waals surface area contributed by atoms with Gasteiger partial charge in [0.25, 0.3) is 0 Å². The molecule has 2 aromatic carbocycles. The van der Waals surface area contributed by atoms with Gasteiger partial charge in [-0.3, -0.25) is 13.9 Å². The van der Waals surface area contributed by atoms with Gasteiger partial charge in [0.2, 0.25) is 11.8 Å². The summed E-state index contributed by atoms with van der Waals surface area (Å²) in [6.45, 7) is 4.18. The monoisotopic (exact) mass is 686 g/mol. The first-order chi connectivity index (χ1) is 23.0. The quantitative estimate of drug-likeness (QED) is 0.134. The molecular weight excluding hydrogens is 646 g/mol. The zero-order valence-electron chi connectivity index (χ0n) is 27.0. The van der Waals surface area contributed by atoms with Gasteiger partial charge in [0.15, 0.2) is 23.6 Å². The number of carbonyl (C=O) groups is 1. The molecule has 1 saturated heterocycles. The number of fused-ring (bicyclic) bond motifs is 2. The van der Waals surface area contributed by atoms with Gasteiger partial charge in [-0.25, -0.2) is 13.9 Å². The van der Waals surface area contributed by atoms with Crippen LogP contribution in [0.2, 0.25) is 0 Å². The SMILES string of the molecule is CCOc1nc(N)nc2c1ncn2C1O[C@H](COP(=O)(N[C@@H](C)C(=O)OC2CCCCC2)Oc2cccc3ccccc23)[C@@H](F)[C@@]1(C)O. The van der Waals surface area contributed by atoms with E-state index in [2.05, 4.69) is 20.0 Å². The lowest BCUT2D eigenvalue weighted by molar-refractivity contribution is -0.152. The molecule has 2 fully saturated rings. The lowest BCUT2D eigenvalue weighted by atomic mass is 9.98. The van der Waals surface area contributed by atoms with E-state index in [1.165, 1.54) is 24.7 Å². The molecule has 2 unspecified atom stereocenters. The first kappa shape index (κ1) is 34.0. The fourth-order valence-electron chi connectivity index (χ4n) is 6.08. The van der Waals surface area contributed by atoms with Crippen molar-refractivity contribution in [3.63, 3.8) is 0 Å². The number of carbonyl (C=O) groups excluding carboxylic acids is 1. The highest BCUT2D eigenvalue weighted by Crippen LogP contribution is 2.49. The number of imidazole rings is 1. The van der Waals surface area contributed by atoms with Crippen molar-refractivity contribution in [3.8, 4) is 11.6 Å². The number of alkyl halides is 1. The molecule has 0 radical (unpaired) electrons. The van der Waals surface area contributed by atoms with Gasteiger partial charge < -0.3 is 29.6 Å². The Balaban J connectivity index is 1.24. The van der Waals surface area contributed by atoms with Gasteiger partial charge in [-0.1, -0.05) is 42.8 Å². The Morgan fingerprint density at radius 1 is 1.21 bits per heavy atom. The third-order valence-corrected chi connectivity index (χ3v) is 10.2. The summed E-state index contributed by atoms with van der Waals surface area (Å²) in [5, 5.41) is 15.5. The molecule has 2 aromatic heterocycles. The number of hydrogen-bond acceptors (Lipinski definition) is 12.